The molecule has 1 aliphatic heterocycles. The Morgan fingerprint density at radius 2 is 2.47 bits per heavy atom. The molecule has 0 bridgehead atoms. The van der Waals surface area contributed by atoms with Crippen LogP contribution in [0, 0.1) is 17.2 Å². The summed E-state index contributed by atoms with van der Waals surface area (Å²) in [6, 6.07) is 2.08. The molecule has 1 heterocycles. The number of aliphatic imine (C=N–C) groups is 1. The van der Waals surface area contributed by atoms with Crippen molar-refractivity contribution in [3.8, 4) is 6.07 Å². The van der Waals surface area contributed by atoms with E-state index in [1.165, 1.54) is 0 Å². The molecule has 0 radical (unpaired) electrons. The summed E-state index contributed by atoms with van der Waals surface area (Å²) >= 11 is 0. The standard InChI is InChI=1S/C10H18N4O/c1-8(2)6-13-10(12)14-3-4-15-9(5-11)7-14/h8-9H,3-4,6-7H2,1-2H3,(H2,12,13). The fourth-order valence-corrected chi connectivity index (χ4v) is 1.31. The first-order valence-electron chi connectivity index (χ1n) is 5.19. The maximum Gasteiger partial charge on any atom is 0.191 e. The number of ether oxygens (including phenoxy) is 1. The van der Waals surface area contributed by atoms with Gasteiger partial charge in [0, 0.05) is 13.1 Å². The van der Waals surface area contributed by atoms with Crippen LogP contribution in [0.4, 0.5) is 0 Å². The summed E-state index contributed by atoms with van der Waals surface area (Å²) in [6.07, 6.45) is -0.383. The highest BCUT2D eigenvalue weighted by atomic mass is 16.5. The smallest absolute Gasteiger partial charge is 0.191 e. The number of hydrogen-bond acceptors (Lipinski definition) is 3. The fourth-order valence-electron chi connectivity index (χ4n) is 1.31. The van der Waals surface area contributed by atoms with Gasteiger partial charge in [0.2, 0.25) is 0 Å². The van der Waals surface area contributed by atoms with E-state index < -0.39 is 0 Å². The molecule has 5 nitrogen and oxygen atoms in total. The Bertz CT molecular complexity index is 269. The zero-order valence-corrected chi connectivity index (χ0v) is 9.31. The van der Waals surface area contributed by atoms with E-state index >= 15 is 0 Å². The third-order valence-corrected chi connectivity index (χ3v) is 2.15. The monoisotopic (exact) mass is 210 g/mol. The molecule has 84 valence electrons. The Morgan fingerprint density at radius 1 is 1.73 bits per heavy atom. The summed E-state index contributed by atoms with van der Waals surface area (Å²) in [7, 11) is 0. The molecule has 1 unspecified atom stereocenters. The highest BCUT2D eigenvalue weighted by Gasteiger charge is 2.20. The second-order valence-electron chi connectivity index (χ2n) is 4.03. The van der Waals surface area contributed by atoms with E-state index in [1.807, 2.05) is 4.90 Å². The molecular weight excluding hydrogens is 192 g/mol. The summed E-state index contributed by atoms with van der Waals surface area (Å²) in [4.78, 5) is 6.17. The number of nitriles is 1. The van der Waals surface area contributed by atoms with Crippen molar-refractivity contribution in [2.75, 3.05) is 26.2 Å². The lowest BCUT2D eigenvalue weighted by atomic mass is 10.2. The van der Waals surface area contributed by atoms with Crippen molar-refractivity contribution >= 4 is 5.96 Å². The average Bonchev–Trinajstić information content (AvgIpc) is 2.26. The van der Waals surface area contributed by atoms with Crippen LogP contribution < -0.4 is 5.73 Å². The van der Waals surface area contributed by atoms with E-state index in [4.69, 9.17) is 15.7 Å². The molecular formula is C10H18N4O. The van der Waals surface area contributed by atoms with E-state index in [2.05, 4.69) is 24.9 Å². The highest BCUT2D eigenvalue weighted by molar-refractivity contribution is 5.78. The zero-order valence-electron chi connectivity index (χ0n) is 9.31. The van der Waals surface area contributed by atoms with Gasteiger partial charge in [0.1, 0.15) is 0 Å². The van der Waals surface area contributed by atoms with Crippen LogP contribution in [-0.4, -0.2) is 43.2 Å². The SMILES string of the molecule is CC(C)CN=C(N)N1CCOC(C#N)C1. The van der Waals surface area contributed by atoms with E-state index in [0.717, 1.165) is 6.54 Å². The van der Waals surface area contributed by atoms with Crippen LogP contribution in [0.25, 0.3) is 0 Å². The largest absolute Gasteiger partial charge is 0.370 e. The number of hydrogen-bond donors (Lipinski definition) is 1. The number of guanidine groups is 1. The Hall–Kier alpha value is -1.28. The van der Waals surface area contributed by atoms with Crippen LogP contribution in [-0.2, 0) is 4.74 Å². The number of morpholine rings is 1. The van der Waals surface area contributed by atoms with E-state index in [-0.39, 0.29) is 6.10 Å². The van der Waals surface area contributed by atoms with Crippen LogP contribution in [0.5, 0.6) is 0 Å². The lowest BCUT2D eigenvalue weighted by Gasteiger charge is -2.30. The molecule has 2 N–H and O–H groups in total. The predicted octanol–water partition coefficient (Wildman–Crippen LogP) is 0.181. The summed E-state index contributed by atoms with van der Waals surface area (Å²) < 4.78 is 5.22. The van der Waals surface area contributed by atoms with Gasteiger partial charge in [-0.05, 0) is 5.92 Å². The average molecular weight is 210 g/mol. The summed E-state index contributed by atoms with van der Waals surface area (Å²) in [6.45, 7) is 6.68. The van der Waals surface area contributed by atoms with Crippen LogP contribution in [0.2, 0.25) is 0 Å². The zero-order chi connectivity index (χ0) is 11.3. The first kappa shape index (κ1) is 11.8. The predicted molar refractivity (Wildman–Crippen MR) is 58.3 cm³/mol. The molecule has 0 aromatic rings. The minimum Gasteiger partial charge on any atom is -0.370 e. The number of rotatable bonds is 2. The van der Waals surface area contributed by atoms with Crippen molar-refractivity contribution in [2.24, 2.45) is 16.6 Å². The number of nitrogens with two attached hydrogens (primary N) is 1. The third kappa shape index (κ3) is 3.76. The fraction of sp³-hybridized carbons (Fsp3) is 0.800. The molecule has 0 spiro atoms. The summed E-state index contributed by atoms with van der Waals surface area (Å²) in [5.74, 6) is 1.02. The second kappa shape index (κ2) is 5.56. The van der Waals surface area contributed by atoms with Crippen molar-refractivity contribution < 1.29 is 4.74 Å². The maximum atomic E-state index is 8.73. The van der Waals surface area contributed by atoms with Crippen molar-refractivity contribution in [3.05, 3.63) is 0 Å². The second-order valence-corrected chi connectivity index (χ2v) is 4.03. The Morgan fingerprint density at radius 3 is 3.07 bits per heavy atom. The van der Waals surface area contributed by atoms with Gasteiger partial charge in [-0.3, -0.25) is 4.99 Å². The first-order chi connectivity index (χ1) is 7.13. The van der Waals surface area contributed by atoms with E-state index in [1.54, 1.807) is 0 Å². The van der Waals surface area contributed by atoms with Crippen LogP contribution >= 0.6 is 0 Å². The summed E-state index contributed by atoms with van der Waals surface area (Å²) in [5.41, 5.74) is 5.82. The van der Waals surface area contributed by atoms with Crippen molar-refractivity contribution in [2.45, 2.75) is 20.0 Å². The van der Waals surface area contributed by atoms with Crippen molar-refractivity contribution in [1.29, 1.82) is 5.26 Å². The molecule has 1 rings (SSSR count). The molecule has 0 aromatic heterocycles. The van der Waals surface area contributed by atoms with E-state index in [0.29, 0.717) is 31.6 Å². The highest BCUT2D eigenvalue weighted by Crippen LogP contribution is 2.04. The maximum absolute atomic E-state index is 8.73. The Kier molecular flexibility index (Phi) is 4.37. The molecule has 5 heteroatoms. The van der Waals surface area contributed by atoms with Gasteiger partial charge >= 0.3 is 0 Å². The molecule has 0 amide bonds. The minimum atomic E-state index is -0.383. The van der Waals surface area contributed by atoms with Crippen LogP contribution in [0.3, 0.4) is 0 Å². The molecule has 1 aliphatic rings. The third-order valence-electron chi connectivity index (χ3n) is 2.15. The topological polar surface area (TPSA) is 74.6 Å². The normalized spacial score (nSPS) is 22.9. The molecule has 1 fully saturated rings. The van der Waals surface area contributed by atoms with Gasteiger partial charge in [-0.25, -0.2) is 0 Å². The Balaban J connectivity index is 2.48. The Labute approximate surface area is 90.5 Å². The molecule has 0 aromatic carbocycles. The van der Waals surface area contributed by atoms with E-state index in [9.17, 15) is 0 Å². The van der Waals surface area contributed by atoms with Crippen LogP contribution in [0.15, 0.2) is 4.99 Å². The number of nitrogens with zero attached hydrogens (tertiary/aromatic N) is 3. The molecule has 0 saturated carbocycles. The quantitative estimate of drug-likeness (QED) is 0.521. The van der Waals surface area contributed by atoms with Crippen molar-refractivity contribution in [3.63, 3.8) is 0 Å². The van der Waals surface area contributed by atoms with Gasteiger partial charge < -0.3 is 15.4 Å². The lowest BCUT2D eigenvalue weighted by molar-refractivity contribution is 0.0260. The van der Waals surface area contributed by atoms with Gasteiger partial charge in [0.25, 0.3) is 0 Å². The molecule has 15 heavy (non-hydrogen) atoms. The van der Waals surface area contributed by atoms with Gasteiger partial charge in [0.15, 0.2) is 12.1 Å². The van der Waals surface area contributed by atoms with Crippen LogP contribution in [0.1, 0.15) is 13.8 Å². The molecule has 0 aliphatic carbocycles. The van der Waals surface area contributed by atoms with Crippen molar-refractivity contribution in [1.82, 2.24) is 4.90 Å². The van der Waals surface area contributed by atoms with Gasteiger partial charge in [-0.1, -0.05) is 13.8 Å². The van der Waals surface area contributed by atoms with Gasteiger partial charge in [0.05, 0.1) is 19.2 Å². The first-order valence-corrected chi connectivity index (χ1v) is 5.19. The lowest BCUT2D eigenvalue weighted by Crippen LogP contribution is -2.48. The van der Waals surface area contributed by atoms with Gasteiger partial charge in [-0.15, -0.1) is 0 Å². The van der Waals surface area contributed by atoms with Gasteiger partial charge in [-0.2, -0.15) is 5.26 Å². The molecule has 1 atom stereocenters. The summed E-state index contributed by atoms with van der Waals surface area (Å²) in [5, 5.41) is 8.73. The minimum absolute atomic E-state index is 0.383. The molecule has 1 saturated heterocycles.